The standard InChI is InChI=1S/C16H23NO/c1-2-4-15-11-16(8-7-14(15)3-1)18-10-9-17-12-13-5-6-13/h7-8,11,13,17H,1-6,9-10,12H2. The number of rotatable bonds is 6. The Kier molecular flexibility index (Phi) is 3.84. The molecule has 2 nitrogen and oxygen atoms in total. The summed E-state index contributed by atoms with van der Waals surface area (Å²) in [7, 11) is 0. The average Bonchev–Trinajstić information content (AvgIpc) is 3.22. The fourth-order valence-corrected chi connectivity index (χ4v) is 2.67. The first-order valence-corrected chi connectivity index (χ1v) is 7.37. The Morgan fingerprint density at radius 2 is 1.94 bits per heavy atom. The molecule has 3 rings (SSSR count). The Hall–Kier alpha value is -1.02. The van der Waals surface area contributed by atoms with E-state index in [4.69, 9.17) is 4.74 Å². The summed E-state index contributed by atoms with van der Waals surface area (Å²) < 4.78 is 5.81. The quantitative estimate of drug-likeness (QED) is 0.778. The van der Waals surface area contributed by atoms with E-state index in [0.717, 1.165) is 24.8 Å². The molecule has 0 unspecified atom stereocenters. The van der Waals surface area contributed by atoms with Gasteiger partial charge in [-0.1, -0.05) is 6.07 Å². The van der Waals surface area contributed by atoms with Crippen LogP contribution < -0.4 is 10.1 Å². The van der Waals surface area contributed by atoms with Crippen molar-refractivity contribution in [3.05, 3.63) is 29.3 Å². The summed E-state index contributed by atoms with van der Waals surface area (Å²) in [6.45, 7) is 2.92. The molecule has 98 valence electrons. The lowest BCUT2D eigenvalue weighted by Crippen LogP contribution is -2.23. The summed E-state index contributed by atoms with van der Waals surface area (Å²) in [5, 5.41) is 3.45. The van der Waals surface area contributed by atoms with Crippen LogP contribution in [0.25, 0.3) is 0 Å². The molecule has 1 aromatic carbocycles. The van der Waals surface area contributed by atoms with Gasteiger partial charge in [0.15, 0.2) is 0 Å². The third-order valence-corrected chi connectivity index (χ3v) is 4.00. The van der Waals surface area contributed by atoms with E-state index < -0.39 is 0 Å². The van der Waals surface area contributed by atoms with E-state index in [1.54, 1.807) is 0 Å². The van der Waals surface area contributed by atoms with Gasteiger partial charge in [-0.3, -0.25) is 0 Å². The lowest BCUT2D eigenvalue weighted by molar-refractivity contribution is 0.312. The van der Waals surface area contributed by atoms with Gasteiger partial charge in [0, 0.05) is 6.54 Å². The molecule has 2 heteroatoms. The molecule has 2 aliphatic carbocycles. The maximum atomic E-state index is 5.81. The molecule has 1 saturated carbocycles. The molecular weight excluding hydrogens is 222 g/mol. The van der Waals surface area contributed by atoms with Crippen molar-refractivity contribution in [3.63, 3.8) is 0 Å². The minimum atomic E-state index is 0.783. The zero-order chi connectivity index (χ0) is 12.2. The Morgan fingerprint density at radius 3 is 2.78 bits per heavy atom. The van der Waals surface area contributed by atoms with Gasteiger partial charge in [-0.2, -0.15) is 0 Å². The molecule has 0 atom stereocenters. The predicted octanol–water partition coefficient (Wildman–Crippen LogP) is 2.94. The lowest BCUT2D eigenvalue weighted by Gasteiger charge is -2.16. The molecule has 18 heavy (non-hydrogen) atoms. The summed E-state index contributed by atoms with van der Waals surface area (Å²) in [6.07, 6.45) is 7.99. The number of nitrogens with one attached hydrogen (secondary N) is 1. The van der Waals surface area contributed by atoms with E-state index in [9.17, 15) is 0 Å². The second-order valence-corrected chi connectivity index (χ2v) is 5.63. The summed E-state index contributed by atoms with van der Waals surface area (Å²) in [5.74, 6) is 2.00. The van der Waals surface area contributed by atoms with E-state index in [2.05, 4.69) is 23.5 Å². The van der Waals surface area contributed by atoms with Gasteiger partial charge in [0.25, 0.3) is 0 Å². The van der Waals surface area contributed by atoms with E-state index >= 15 is 0 Å². The number of hydrogen-bond acceptors (Lipinski definition) is 2. The van der Waals surface area contributed by atoms with E-state index in [1.807, 2.05) is 0 Å². The maximum Gasteiger partial charge on any atom is 0.119 e. The van der Waals surface area contributed by atoms with Gasteiger partial charge in [-0.15, -0.1) is 0 Å². The second kappa shape index (κ2) is 5.75. The molecule has 1 fully saturated rings. The third-order valence-electron chi connectivity index (χ3n) is 4.00. The zero-order valence-corrected chi connectivity index (χ0v) is 11.1. The van der Waals surface area contributed by atoms with E-state index in [-0.39, 0.29) is 0 Å². The van der Waals surface area contributed by atoms with Crippen LogP contribution in [-0.4, -0.2) is 19.7 Å². The van der Waals surface area contributed by atoms with E-state index in [0.29, 0.717) is 0 Å². The number of aryl methyl sites for hydroxylation is 2. The van der Waals surface area contributed by atoms with Crippen molar-refractivity contribution in [2.75, 3.05) is 19.7 Å². The molecule has 0 spiro atoms. The highest BCUT2D eigenvalue weighted by molar-refractivity contribution is 5.37. The van der Waals surface area contributed by atoms with Crippen molar-refractivity contribution in [3.8, 4) is 5.75 Å². The predicted molar refractivity (Wildman–Crippen MR) is 74.2 cm³/mol. The van der Waals surface area contributed by atoms with Crippen LogP contribution in [0.4, 0.5) is 0 Å². The second-order valence-electron chi connectivity index (χ2n) is 5.63. The van der Waals surface area contributed by atoms with Crippen LogP contribution in [0.15, 0.2) is 18.2 Å². The van der Waals surface area contributed by atoms with Gasteiger partial charge in [0.2, 0.25) is 0 Å². The first-order chi connectivity index (χ1) is 8.92. The first-order valence-electron chi connectivity index (χ1n) is 7.37. The Bertz CT molecular complexity index is 398. The van der Waals surface area contributed by atoms with Crippen molar-refractivity contribution in [1.82, 2.24) is 5.32 Å². The monoisotopic (exact) mass is 245 g/mol. The molecule has 0 heterocycles. The normalized spacial score (nSPS) is 18.4. The largest absolute Gasteiger partial charge is 0.492 e. The van der Waals surface area contributed by atoms with Crippen LogP contribution in [0, 0.1) is 5.92 Å². The van der Waals surface area contributed by atoms with Crippen LogP contribution in [0.1, 0.15) is 36.8 Å². The van der Waals surface area contributed by atoms with Crippen molar-refractivity contribution in [1.29, 1.82) is 0 Å². The average molecular weight is 245 g/mol. The molecule has 0 bridgehead atoms. The van der Waals surface area contributed by atoms with Gasteiger partial charge in [-0.25, -0.2) is 0 Å². The fraction of sp³-hybridized carbons (Fsp3) is 0.625. The SMILES string of the molecule is c1cc2c(cc1OCCNCC1CC1)CCCC2. The van der Waals surface area contributed by atoms with E-state index in [1.165, 1.54) is 56.2 Å². The van der Waals surface area contributed by atoms with Crippen LogP contribution in [0.2, 0.25) is 0 Å². The molecule has 0 radical (unpaired) electrons. The minimum Gasteiger partial charge on any atom is -0.492 e. The smallest absolute Gasteiger partial charge is 0.119 e. The van der Waals surface area contributed by atoms with Crippen LogP contribution in [-0.2, 0) is 12.8 Å². The summed E-state index contributed by atoms with van der Waals surface area (Å²) >= 11 is 0. The molecule has 0 saturated heterocycles. The molecule has 2 aliphatic rings. The third kappa shape index (κ3) is 3.26. The molecule has 1 aromatic rings. The van der Waals surface area contributed by atoms with Gasteiger partial charge in [0.1, 0.15) is 12.4 Å². The summed E-state index contributed by atoms with van der Waals surface area (Å²) in [5.41, 5.74) is 3.03. The van der Waals surface area contributed by atoms with Crippen LogP contribution >= 0.6 is 0 Å². The zero-order valence-electron chi connectivity index (χ0n) is 11.1. The minimum absolute atomic E-state index is 0.783. The topological polar surface area (TPSA) is 21.3 Å². The Labute approximate surface area is 110 Å². The fourth-order valence-electron chi connectivity index (χ4n) is 2.67. The van der Waals surface area contributed by atoms with Crippen molar-refractivity contribution >= 4 is 0 Å². The number of fused-ring (bicyclic) bond motifs is 1. The first kappa shape index (κ1) is 12.0. The van der Waals surface area contributed by atoms with Crippen molar-refractivity contribution < 1.29 is 4.74 Å². The maximum absolute atomic E-state index is 5.81. The summed E-state index contributed by atoms with van der Waals surface area (Å²) in [4.78, 5) is 0. The van der Waals surface area contributed by atoms with Crippen molar-refractivity contribution in [2.45, 2.75) is 38.5 Å². The lowest BCUT2D eigenvalue weighted by atomic mass is 9.92. The number of ether oxygens (including phenoxy) is 1. The number of hydrogen-bond donors (Lipinski definition) is 1. The highest BCUT2D eigenvalue weighted by Crippen LogP contribution is 2.27. The van der Waals surface area contributed by atoms with Crippen LogP contribution in [0.5, 0.6) is 5.75 Å². The number of benzene rings is 1. The molecular formula is C16H23NO. The Balaban J connectivity index is 1.43. The molecule has 1 N–H and O–H groups in total. The van der Waals surface area contributed by atoms with Gasteiger partial charge < -0.3 is 10.1 Å². The van der Waals surface area contributed by atoms with Crippen LogP contribution in [0.3, 0.4) is 0 Å². The van der Waals surface area contributed by atoms with Gasteiger partial charge in [-0.05, 0) is 74.2 Å². The molecule has 0 aliphatic heterocycles. The van der Waals surface area contributed by atoms with Crippen molar-refractivity contribution in [2.24, 2.45) is 5.92 Å². The highest BCUT2D eigenvalue weighted by atomic mass is 16.5. The summed E-state index contributed by atoms with van der Waals surface area (Å²) in [6, 6.07) is 6.63. The Morgan fingerprint density at radius 1 is 1.11 bits per heavy atom. The highest BCUT2D eigenvalue weighted by Gasteiger charge is 2.19. The molecule has 0 aromatic heterocycles. The molecule has 0 amide bonds. The van der Waals surface area contributed by atoms with Gasteiger partial charge >= 0.3 is 0 Å². The van der Waals surface area contributed by atoms with Gasteiger partial charge in [0.05, 0.1) is 0 Å².